The predicted octanol–water partition coefficient (Wildman–Crippen LogP) is 1.31. The van der Waals surface area contributed by atoms with Crippen LogP contribution in [0.4, 0.5) is 0 Å². The molecule has 0 aromatic rings. The van der Waals surface area contributed by atoms with Crippen molar-refractivity contribution >= 4 is 29.5 Å². The van der Waals surface area contributed by atoms with Crippen LogP contribution in [0.15, 0.2) is 0 Å². The average molecular weight is 193 g/mol. The molecule has 0 aromatic heterocycles. The zero-order chi connectivity index (χ0) is 9.11. The summed E-state index contributed by atoms with van der Waals surface area (Å²) in [5, 5.41) is 15.7. The van der Waals surface area contributed by atoms with Crippen molar-refractivity contribution in [2.24, 2.45) is 0 Å². The van der Waals surface area contributed by atoms with Gasteiger partial charge in [-0.05, 0) is 12.5 Å². The molecule has 0 heterocycles. The summed E-state index contributed by atoms with van der Waals surface area (Å²) >= 11 is 2.85. The summed E-state index contributed by atoms with van der Waals surface area (Å²) < 4.78 is 0. The SMILES string of the molecule is CSCC#N.CSCC(=O)O. The van der Waals surface area contributed by atoms with Gasteiger partial charge in [-0.1, -0.05) is 0 Å². The molecule has 0 saturated carbocycles. The van der Waals surface area contributed by atoms with Gasteiger partial charge in [0, 0.05) is 0 Å². The van der Waals surface area contributed by atoms with Gasteiger partial charge < -0.3 is 5.11 Å². The summed E-state index contributed by atoms with van der Waals surface area (Å²) in [6, 6.07) is 1.98. The van der Waals surface area contributed by atoms with Gasteiger partial charge in [0.25, 0.3) is 0 Å². The lowest BCUT2D eigenvalue weighted by Crippen LogP contribution is -1.95. The van der Waals surface area contributed by atoms with Crippen LogP contribution in [0.5, 0.6) is 0 Å². The molecule has 0 atom stereocenters. The second-order valence-corrected chi connectivity index (χ2v) is 3.15. The van der Waals surface area contributed by atoms with E-state index in [0.717, 1.165) is 0 Å². The molecule has 0 aliphatic rings. The van der Waals surface area contributed by atoms with E-state index in [4.69, 9.17) is 10.4 Å². The molecule has 3 nitrogen and oxygen atoms in total. The second kappa shape index (κ2) is 12.3. The number of hydrogen-bond donors (Lipinski definition) is 1. The lowest BCUT2D eigenvalue weighted by molar-refractivity contribution is -0.133. The molecule has 0 fully saturated rings. The average Bonchev–Trinajstić information content (AvgIpc) is 1.90. The summed E-state index contributed by atoms with van der Waals surface area (Å²) in [7, 11) is 0. The number of hydrogen-bond acceptors (Lipinski definition) is 4. The number of thioether (sulfide) groups is 2. The molecule has 0 aliphatic heterocycles. The molecular weight excluding hydrogens is 182 g/mol. The fraction of sp³-hybridized carbons (Fsp3) is 0.667. The van der Waals surface area contributed by atoms with Crippen molar-refractivity contribution in [1.29, 1.82) is 5.26 Å². The van der Waals surface area contributed by atoms with Gasteiger partial charge in [-0.3, -0.25) is 4.79 Å². The largest absolute Gasteiger partial charge is 0.481 e. The smallest absolute Gasteiger partial charge is 0.313 e. The number of nitrogens with zero attached hydrogens (tertiary/aromatic N) is 1. The molecule has 1 N–H and O–H groups in total. The van der Waals surface area contributed by atoms with Crippen LogP contribution in [0, 0.1) is 11.3 Å². The maximum absolute atomic E-state index is 9.58. The number of carboxylic acid groups (broad SMARTS) is 1. The van der Waals surface area contributed by atoms with Crippen LogP contribution in [0.1, 0.15) is 0 Å². The van der Waals surface area contributed by atoms with Gasteiger partial charge in [0.05, 0.1) is 17.6 Å². The van der Waals surface area contributed by atoms with Crippen LogP contribution >= 0.6 is 23.5 Å². The van der Waals surface area contributed by atoms with E-state index in [1.807, 2.05) is 12.3 Å². The monoisotopic (exact) mass is 193 g/mol. The fourth-order valence-electron chi connectivity index (χ4n) is 0.188. The van der Waals surface area contributed by atoms with Crippen LogP contribution in [-0.4, -0.2) is 35.1 Å². The lowest BCUT2D eigenvalue weighted by atomic mass is 10.8. The first-order valence-electron chi connectivity index (χ1n) is 2.75. The van der Waals surface area contributed by atoms with Gasteiger partial charge >= 0.3 is 5.97 Å². The van der Waals surface area contributed by atoms with Gasteiger partial charge in [-0.2, -0.15) is 28.8 Å². The molecule has 64 valence electrons. The zero-order valence-electron chi connectivity index (χ0n) is 6.53. The van der Waals surface area contributed by atoms with Crippen molar-refractivity contribution in [3.8, 4) is 6.07 Å². The Hall–Kier alpha value is -0.340. The normalized spacial score (nSPS) is 7.36. The Morgan fingerprint density at radius 2 is 2.09 bits per heavy atom. The van der Waals surface area contributed by atoms with Gasteiger partial charge in [-0.25, -0.2) is 0 Å². The first-order valence-corrected chi connectivity index (χ1v) is 5.54. The highest BCUT2D eigenvalue weighted by atomic mass is 32.2. The maximum atomic E-state index is 9.58. The van der Waals surface area contributed by atoms with E-state index in [0.29, 0.717) is 5.75 Å². The minimum absolute atomic E-state index is 0.208. The minimum Gasteiger partial charge on any atom is -0.481 e. The number of rotatable bonds is 3. The van der Waals surface area contributed by atoms with E-state index >= 15 is 0 Å². The van der Waals surface area contributed by atoms with E-state index in [1.54, 1.807) is 18.0 Å². The Bertz CT molecular complexity index is 133. The molecule has 0 aliphatic carbocycles. The van der Waals surface area contributed by atoms with E-state index < -0.39 is 5.97 Å². The zero-order valence-corrected chi connectivity index (χ0v) is 8.17. The minimum atomic E-state index is -0.748. The van der Waals surface area contributed by atoms with Crippen molar-refractivity contribution in [2.45, 2.75) is 0 Å². The highest BCUT2D eigenvalue weighted by molar-refractivity contribution is 7.99. The number of carbonyl (C=O) groups is 1. The topological polar surface area (TPSA) is 61.1 Å². The highest BCUT2D eigenvalue weighted by Gasteiger charge is 1.87. The Morgan fingerprint density at radius 1 is 1.55 bits per heavy atom. The maximum Gasteiger partial charge on any atom is 0.313 e. The van der Waals surface area contributed by atoms with Crippen molar-refractivity contribution in [3.63, 3.8) is 0 Å². The molecule has 0 bridgehead atoms. The standard InChI is InChI=1S/C3H5NS.C3H6O2S/c1-5-3-2-4;1-6-2-3(4)5/h3H2,1H3;2H2,1H3,(H,4,5). The molecule has 0 radical (unpaired) electrons. The van der Waals surface area contributed by atoms with Crippen LogP contribution in [0.25, 0.3) is 0 Å². The van der Waals surface area contributed by atoms with Crippen molar-refractivity contribution < 1.29 is 9.90 Å². The van der Waals surface area contributed by atoms with E-state index in [-0.39, 0.29) is 5.75 Å². The third-order valence-electron chi connectivity index (χ3n) is 0.477. The van der Waals surface area contributed by atoms with Crippen molar-refractivity contribution in [1.82, 2.24) is 0 Å². The second-order valence-electron chi connectivity index (χ2n) is 1.42. The molecular formula is C6H11NO2S2. The lowest BCUT2D eigenvalue weighted by Gasteiger charge is -1.80. The van der Waals surface area contributed by atoms with Crippen LogP contribution in [0.2, 0.25) is 0 Å². The Balaban J connectivity index is 0. The number of aliphatic carboxylic acids is 1. The van der Waals surface area contributed by atoms with E-state index in [9.17, 15) is 4.79 Å². The van der Waals surface area contributed by atoms with Gasteiger partial charge in [0.15, 0.2) is 0 Å². The predicted molar refractivity (Wildman–Crippen MR) is 50.0 cm³/mol. The summed E-state index contributed by atoms with van der Waals surface area (Å²) in [4.78, 5) is 9.58. The number of carboxylic acids is 1. The molecule has 0 rings (SSSR count). The molecule has 0 aromatic carbocycles. The third kappa shape index (κ3) is 26.1. The van der Waals surface area contributed by atoms with Crippen molar-refractivity contribution in [2.75, 3.05) is 24.0 Å². The van der Waals surface area contributed by atoms with Gasteiger partial charge in [0.2, 0.25) is 0 Å². The Kier molecular flexibility index (Phi) is 14.9. The van der Waals surface area contributed by atoms with Crippen LogP contribution in [0.3, 0.4) is 0 Å². The first-order chi connectivity index (χ1) is 5.18. The van der Waals surface area contributed by atoms with Crippen LogP contribution in [-0.2, 0) is 4.79 Å². The molecule has 0 unspecified atom stereocenters. The summed E-state index contributed by atoms with van der Waals surface area (Å²) in [5.74, 6) is 0.0718. The molecule has 11 heavy (non-hydrogen) atoms. The van der Waals surface area contributed by atoms with Gasteiger partial charge in [-0.15, -0.1) is 0 Å². The van der Waals surface area contributed by atoms with Gasteiger partial charge in [0.1, 0.15) is 0 Å². The van der Waals surface area contributed by atoms with Crippen LogP contribution < -0.4 is 0 Å². The first kappa shape index (κ1) is 13.3. The molecule has 5 heteroatoms. The summed E-state index contributed by atoms with van der Waals surface area (Å²) in [5.41, 5.74) is 0. The third-order valence-corrected chi connectivity index (χ3v) is 1.43. The molecule has 0 spiro atoms. The Morgan fingerprint density at radius 3 is 2.09 bits per heavy atom. The Labute approximate surface area is 75.2 Å². The number of nitriles is 1. The molecule has 0 amide bonds. The summed E-state index contributed by atoms with van der Waals surface area (Å²) in [6.45, 7) is 0. The molecule has 0 saturated heterocycles. The fourth-order valence-corrected chi connectivity index (χ4v) is 0.564. The van der Waals surface area contributed by atoms with E-state index in [1.165, 1.54) is 11.8 Å². The highest BCUT2D eigenvalue weighted by Crippen LogP contribution is 1.87. The summed E-state index contributed by atoms with van der Waals surface area (Å²) in [6.07, 6.45) is 3.66. The quantitative estimate of drug-likeness (QED) is 0.732. The van der Waals surface area contributed by atoms with E-state index in [2.05, 4.69) is 0 Å². The van der Waals surface area contributed by atoms with Crippen molar-refractivity contribution in [3.05, 3.63) is 0 Å².